The van der Waals surface area contributed by atoms with E-state index in [4.69, 9.17) is 0 Å². The topological polar surface area (TPSA) is 101 Å². The maximum Gasteiger partial charge on any atom is 0.291 e. The van der Waals surface area contributed by atoms with Gasteiger partial charge in [-0.15, -0.1) is 10.2 Å². The molecular formula is C12H12F2N4O3S2. The fraction of sp³-hybridized carbons (Fsp3) is 0.250. The molecule has 1 aromatic heterocycles. The Hall–Kier alpha value is -2.14. The third-order valence-corrected chi connectivity index (χ3v) is 5.15. The van der Waals surface area contributed by atoms with Crippen LogP contribution in [-0.4, -0.2) is 24.5 Å². The van der Waals surface area contributed by atoms with Crippen molar-refractivity contribution in [3.63, 3.8) is 0 Å². The molecule has 7 nitrogen and oxygen atoms in total. The number of carbonyl (C=O) groups is 1. The van der Waals surface area contributed by atoms with Crippen LogP contribution in [0.4, 0.5) is 19.6 Å². The number of amides is 1. The number of hydrogen-bond donors (Lipinski definition) is 2. The Balaban J connectivity index is 2.24. The molecule has 1 amide bonds. The lowest BCUT2D eigenvalue weighted by atomic mass is 10.2. The number of anilines is 2. The van der Waals surface area contributed by atoms with Crippen molar-refractivity contribution in [1.29, 1.82) is 0 Å². The summed E-state index contributed by atoms with van der Waals surface area (Å²) in [5.41, 5.74) is -0.810. The lowest BCUT2D eigenvalue weighted by molar-refractivity contribution is -0.118. The van der Waals surface area contributed by atoms with Crippen molar-refractivity contribution in [2.75, 3.05) is 10.0 Å². The molecular weight excluding hydrogens is 350 g/mol. The molecule has 2 N–H and O–H groups in total. The maximum absolute atomic E-state index is 13.5. The van der Waals surface area contributed by atoms with Crippen molar-refractivity contribution in [1.82, 2.24) is 10.2 Å². The fourth-order valence-electron chi connectivity index (χ4n) is 1.39. The van der Waals surface area contributed by atoms with Crippen LogP contribution >= 0.6 is 11.3 Å². The van der Waals surface area contributed by atoms with Crippen LogP contribution in [0.5, 0.6) is 0 Å². The minimum atomic E-state index is -4.33. The molecule has 0 spiro atoms. The number of para-hydroxylation sites is 1. The predicted octanol–water partition coefficient (Wildman–Crippen LogP) is 2.21. The van der Waals surface area contributed by atoms with Crippen molar-refractivity contribution in [2.45, 2.75) is 18.2 Å². The SMILES string of the molecule is CC(C)C(=O)Nc1nnc(S(=O)(=O)Nc2c(F)cccc2F)s1. The smallest absolute Gasteiger partial charge is 0.291 e. The summed E-state index contributed by atoms with van der Waals surface area (Å²) in [5, 5.41) is 9.29. The minimum Gasteiger partial charge on any atom is -0.300 e. The largest absolute Gasteiger partial charge is 0.300 e. The van der Waals surface area contributed by atoms with Crippen molar-refractivity contribution >= 4 is 38.1 Å². The monoisotopic (exact) mass is 362 g/mol. The molecule has 0 atom stereocenters. The summed E-state index contributed by atoms with van der Waals surface area (Å²) in [7, 11) is -4.33. The standard InChI is InChI=1S/C12H12F2N4O3S2/c1-6(2)10(19)15-11-16-17-12(22-11)23(20,21)18-9-7(13)4-3-5-8(9)14/h3-6,18H,1-2H3,(H,15,16,19). The molecule has 11 heteroatoms. The molecule has 1 heterocycles. The molecule has 0 bridgehead atoms. The second-order valence-electron chi connectivity index (χ2n) is 4.72. The second-order valence-corrected chi connectivity index (χ2v) is 7.55. The van der Waals surface area contributed by atoms with E-state index < -0.39 is 31.7 Å². The van der Waals surface area contributed by atoms with E-state index in [2.05, 4.69) is 15.5 Å². The molecule has 0 unspecified atom stereocenters. The van der Waals surface area contributed by atoms with Gasteiger partial charge in [-0.25, -0.2) is 8.78 Å². The Labute approximate surface area is 134 Å². The number of sulfonamides is 1. The zero-order valence-electron chi connectivity index (χ0n) is 12.0. The normalized spacial score (nSPS) is 11.5. The first kappa shape index (κ1) is 17.2. The Kier molecular flexibility index (Phi) is 4.90. The van der Waals surface area contributed by atoms with Crippen LogP contribution in [-0.2, 0) is 14.8 Å². The van der Waals surface area contributed by atoms with Crippen LogP contribution in [0.2, 0.25) is 0 Å². The van der Waals surface area contributed by atoms with E-state index in [1.165, 1.54) is 0 Å². The zero-order chi connectivity index (χ0) is 17.2. The summed E-state index contributed by atoms with van der Waals surface area (Å²) in [4.78, 5) is 11.5. The Bertz CT molecular complexity index is 816. The Morgan fingerprint density at radius 3 is 2.39 bits per heavy atom. The number of carbonyl (C=O) groups excluding carboxylic acids is 1. The summed E-state index contributed by atoms with van der Waals surface area (Å²) in [6.07, 6.45) is 0. The quantitative estimate of drug-likeness (QED) is 0.794. The molecule has 0 fully saturated rings. The van der Waals surface area contributed by atoms with Gasteiger partial charge in [0.1, 0.15) is 17.3 Å². The molecule has 2 rings (SSSR count). The number of halogens is 2. The summed E-state index contributed by atoms with van der Waals surface area (Å²) in [6.45, 7) is 3.30. The number of rotatable bonds is 5. The molecule has 0 saturated heterocycles. The summed E-state index contributed by atoms with van der Waals surface area (Å²) in [5.74, 6) is -2.82. The minimum absolute atomic E-state index is 0.0296. The Morgan fingerprint density at radius 1 is 1.22 bits per heavy atom. The zero-order valence-corrected chi connectivity index (χ0v) is 13.6. The molecule has 0 aliphatic carbocycles. The third kappa shape index (κ3) is 3.99. The van der Waals surface area contributed by atoms with Crippen molar-refractivity contribution < 1.29 is 22.0 Å². The first-order chi connectivity index (χ1) is 10.7. The third-order valence-electron chi connectivity index (χ3n) is 2.59. The van der Waals surface area contributed by atoms with Crippen LogP contribution in [0.3, 0.4) is 0 Å². The summed E-state index contributed by atoms with van der Waals surface area (Å²) < 4.78 is 52.4. The van der Waals surface area contributed by atoms with Crippen LogP contribution < -0.4 is 10.0 Å². The van der Waals surface area contributed by atoms with Gasteiger partial charge in [-0.05, 0) is 12.1 Å². The van der Waals surface area contributed by atoms with Crippen LogP contribution in [0.15, 0.2) is 22.5 Å². The van der Waals surface area contributed by atoms with E-state index in [0.717, 1.165) is 18.2 Å². The van der Waals surface area contributed by atoms with Gasteiger partial charge in [0.2, 0.25) is 11.0 Å². The lowest BCUT2D eigenvalue weighted by Gasteiger charge is -2.07. The molecule has 1 aromatic carbocycles. The molecule has 0 aliphatic heterocycles. The predicted molar refractivity (Wildman–Crippen MR) is 80.5 cm³/mol. The highest BCUT2D eigenvalue weighted by Crippen LogP contribution is 2.25. The first-order valence-electron chi connectivity index (χ1n) is 6.32. The molecule has 0 aliphatic rings. The van der Waals surface area contributed by atoms with Gasteiger partial charge < -0.3 is 5.32 Å². The van der Waals surface area contributed by atoms with Gasteiger partial charge >= 0.3 is 0 Å². The number of aromatic nitrogens is 2. The van der Waals surface area contributed by atoms with E-state index in [1.54, 1.807) is 18.6 Å². The average Bonchev–Trinajstić information content (AvgIpc) is 2.92. The average molecular weight is 362 g/mol. The molecule has 0 radical (unpaired) electrons. The number of nitrogens with one attached hydrogen (secondary N) is 2. The van der Waals surface area contributed by atoms with Crippen molar-refractivity contribution in [3.05, 3.63) is 29.8 Å². The highest BCUT2D eigenvalue weighted by atomic mass is 32.2. The van der Waals surface area contributed by atoms with Gasteiger partial charge in [0.15, 0.2) is 0 Å². The molecule has 2 aromatic rings. The van der Waals surface area contributed by atoms with Gasteiger partial charge in [0, 0.05) is 5.92 Å². The number of hydrogen-bond acceptors (Lipinski definition) is 6. The van der Waals surface area contributed by atoms with E-state index >= 15 is 0 Å². The fourth-order valence-corrected chi connectivity index (χ4v) is 3.37. The van der Waals surface area contributed by atoms with Gasteiger partial charge in [0.05, 0.1) is 0 Å². The van der Waals surface area contributed by atoms with Crippen LogP contribution in [0.1, 0.15) is 13.8 Å². The lowest BCUT2D eigenvalue weighted by Crippen LogP contribution is -2.17. The van der Waals surface area contributed by atoms with Gasteiger partial charge in [0.25, 0.3) is 14.4 Å². The van der Waals surface area contributed by atoms with E-state index in [-0.39, 0.29) is 17.0 Å². The van der Waals surface area contributed by atoms with Gasteiger partial charge in [-0.3, -0.25) is 9.52 Å². The van der Waals surface area contributed by atoms with Crippen LogP contribution in [0, 0.1) is 17.6 Å². The molecule has 0 saturated carbocycles. The van der Waals surface area contributed by atoms with Gasteiger partial charge in [-0.2, -0.15) is 8.42 Å². The van der Waals surface area contributed by atoms with Crippen LogP contribution in [0.25, 0.3) is 0 Å². The summed E-state index contributed by atoms with van der Waals surface area (Å²) >= 11 is 0.567. The van der Waals surface area contributed by atoms with E-state index in [0.29, 0.717) is 11.3 Å². The second kappa shape index (κ2) is 6.54. The maximum atomic E-state index is 13.5. The van der Waals surface area contributed by atoms with E-state index in [1.807, 2.05) is 0 Å². The number of nitrogens with zero attached hydrogens (tertiary/aromatic N) is 2. The molecule has 124 valence electrons. The highest BCUT2D eigenvalue weighted by molar-refractivity contribution is 7.94. The first-order valence-corrected chi connectivity index (χ1v) is 8.62. The summed E-state index contributed by atoms with van der Waals surface area (Å²) in [6, 6.07) is 2.93. The van der Waals surface area contributed by atoms with Crippen molar-refractivity contribution in [3.8, 4) is 0 Å². The van der Waals surface area contributed by atoms with Crippen molar-refractivity contribution in [2.24, 2.45) is 5.92 Å². The van der Waals surface area contributed by atoms with E-state index in [9.17, 15) is 22.0 Å². The highest BCUT2D eigenvalue weighted by Gasteiger charge is 2.24. The number of benzene rings is 1. The Morgan fingerprint density at radius 2 is 1.83 bits per heavy atom. The van der Waals surface area contributed by atoms with Gasteiger partial charge in [-0.1, -0.05) is 31.3 Å². The molecule has 23 heavy (non-hydrogen) atoms.